The predicted molar refractivity (Wildman–Crippen MR) is 81.8 cm³/mol. The Morgan fingerprint density at radius 2 is 1.89 bits per heavy atom. The number of nitrogens with two attached hydrogens (primary N) is 1. The van der Waals surface area contributed by atoms with E-state index in [0.29, 0.717) is 0 Å². The van der Waals surface area contributed by atoms with Crippen LogP contribution in [0.1, 0.15) is 33.2 Å². The van der Waals surface area contributed by atoms with Crippen molar-refractivity contribution < 1.29 is 0 Å². The molecule has 0 bridgehead atoms. The summed E-state index contributed by atoms with van der Waals surface area (Å²) in [6.45, 7) is 6.33. The molecule has 0 aliphatic rings. The molecule has 1 unspecified atom stereocenters. The van der Waals surface area contributed by atoms with Crippen LogP contribution < -0.4 is 11.3 Å². The molecular formula is C14H17BrN2S. The van der Waals surface area contributed by atoms with E-state index in [-0.39, 0.29) is 6.04 Å². The van der Waals surface area contributed by atoms with Crippen LogP contribution in [0.4, 0.5) is 0 Å². The Hall–Kier alpha value is -0.680. The molecule has 3 N–H and O–H groups in total. The van der Waals surface area contributed by atoms with Gasteiger partial charge in [-0.15, -0.1) is 11.3 Å². The molecule has 1 aromatic heterocycles. The number of hydrogen-bond donors (Lipinski definition) is 2. The summed E-state index contributed by atoms with van der Waals surface area (Å²) in [5.41, 5.74) is 7.95. The molecule has 2 aromatic rings. The van der Waals surface area contributed by atoms with Crippen LogP contribution in [0.3, 0.4) is 0 Å². The molecule has 0 aliphatic carbocycles. The lowest BCUT2D eigenvalue weighted by Gasteiger charge is -2.17. The number of benzene rings is 1. The maximum Gasteiger partial charge on any atom is 0.0805 e. The van der Waals surface area contributed by atoms with Crippen LogP contribution in [-0.4, -0.2) is 0 Å². The number of nitrogens with one attached hydrogen (secondary N) is 1. The van der Waals surface area contributed by atoms with Crippen LogP contribution in [0.15, 0.2) is 28.1 Å². The minimum absolute atomic E-state index is 0.0561. The Morgan fingerprint density at radius 3 is 2.39 bits per heavy atom. The van der Waals surface area contributed by atoms with Gasteiger partial charge in [0.25, 0.3) is 0 Å². The molecule has 0 aliphatic heterocycles. The third-order valence-electron chi connectivity index (χ3n) is 3.06. The van der Waals surface area contributed by atoms with Crippen LogP contribution in [0.2, 0.25) is 0 Å². The fraction of sp³-hybridized carbons (Fsp3) is 0.286. The smallest absolute Gasteiger partial charge is 0.0805 e. The molecule has 0 fully saturated rings. The second-order valence-corrected chi connectivity index (χ2v) is 6.97. The van der Waals surface area contributed by atoms with Gasteiger partial charge >= 0.3 is 0 Å². The first-order chi connectivity index (χ1) is 8.52. The molecule has 96 valence electrons. The van der Waals surface area contributed by atoms with Gasteiger partial charge in [-0.05, 0) is 59.5 Å². The summed E-state index contributed by atoms with van der Waals surface area (Å²) in [5.74, 6) is 5.74. The largest absolute Gasteiger partial charge is 0.271 e. The minimum Gasteiger partial charge on any atom is -0.271 e. The molecule has 1 aromatic carbocycles. The second-order valence-electron chi connectivity index (χ2n) is 4.57. The van der Waals surface area contributed by atoms with Gasteiger partial charge in [-0.2, -0.15) is 0 Å². The molecular weight excluding hydrogens is 308 g/mol. The van der Waals surface area contributed by atoms with Gasteiger partial charge in [0.15, 0.2) is 0 Å². The molecule has 0 saturated carbocycles. The quantitative estimate of drug-likeness (QED) is 0.661. The van der Waals surface area contributed by atoms with E-state index < -0.39 is 0 Å². The van der Waals surface area contributed by atoms with Gasteiger partial charge in [0.1, 0.15) is 0 Å². The van der Waals surface area contributed by atoms with Gasteiger partial charge in [-0.1, -0.05) is 23.8 Å². The Morgan fingerprint density at radius 1 is 1.17 bits per heavy atom. The predicted octanol–water partition coefficient (Wildman–Crippen LogP) is 3.99. The van der Waals surface area contributed by atoms with E-state index in [1.807, 2.05) is 0 Å². The van der Waals surface area contributed by atoms with Gasteiger partial charge in [0.05, 0.1) is 9.83 Å². The van der Waals surface area contributed by atoms with Gasteiger partial charge in [-0.3, -0.25) is 5.84 Å². The molecule has 1 heterocycles. The highest BCUT2D eigenvalue weighted by Crippen LogP contribution is 2.35. The lowest BCUT2D eigenvalue weighted by atomic mass is 9.98. The van der Waals surface area contributed by atoms with Crippen LogP contribution in [0.5, 0.6) is 0 Å². The zero-order chi connectivity index (χ0) is 13.3. The van der Waals surface area contributed by atoms with Crippen LogP contribution in [0, 0.1) is 20.8 Å². The lowest BCUT2D eigenvalue weighted by molar-refractivity contribution is 0.643. The van der Waals surface area contributed by atoms with E-state index >= 15 is 0 Å². The van der Waals surface area contributed by atoms with Gasteiger partial charge in [0, 0.05) is 4.88 Å². The molecule has 1 atom stereocenters. The maximum atomic E-state index is 5.74. The summed E-state index contributed by atoms with van der Waals surface area (Å²) in [5, 5.41) is 0. The first kappa shape index (κ1) is 13.7. The van der Waals surface area contributed by atoms with Crippen molar-refractivity contribution in [3.63, 3.8) is 0 Å². The molecule has 18 heavy (non-hydrogen) atoms. The van der Waals surface area contributed by atoms with Crippen molar-refractivity contribution in [2.45, 2.75) is 26.8 Å². The number of thiophene rings is 1. The number of hydrazine groups is 1. The van der Waals surface area contributed by atoms with E-state index in [1.165, 1.54) is 30.9 Å². The number of rotatable bonds is 3. The van der Waals surface area contributed by atoms with Crippen LogP contribution in [0.25, 0.3) is 0 Å². The molecule has 0 amide bonds. The zero-order valence-corrected chi connectivity index (χ0v) is 13.2. The summed E-state index contributed by atoms with van der Waals surface area (Å²) in [4.78, 5) is 1.23. The van der Waals surface area contributed by atoms with E-state index in [4.69, 9.17) is 5.84 Å². The lowest BCUT2D eigenvalue weighted by Crippen LogP contribution is -2.28. The van der Waals surface area contributed by atoms with Crippen molar-refractivity contribution in [3.8, 4) is 0 Å². The standard InChI is InChI=1S/C14H17BrN2S/c1-8-4-5-11(9(2)6-8)13(17-16)12-7-10(3)14(15)18-12/h4-7,13,17H,16H2,1-3H3. The van der Waals surface area contributed by atoms with Gasteiger partial charge in [-0.25, -0.2) is 5.43 Å². The molecule has 2 nitrogen and oxygen atoms in total. The van der Waals surface area contributed by atoms with Crippen molar-refractivity contribution in [1.82, 2.24) is 5.43 Å². The third-order valence-corrected chi connectivity index (χ3v) is 5.27. The van der Waals surface area contributed by atoms with E-state index in [1.54, 1.807) is 11.3 Å². The van der Waals surface area contributed by atoms with E-state index in [0.717, 1.165) is 0 Å². The highest BCUT2D eigenvalue weighted by Gasteiger charge is 2.17. The summed E-state index contributed by atoms with van der Waals surface area (Å²) in [6, 6.07) is 8.70. The molecule has 0 radical (unpaired) electrons. The summed E-state index contributed by atoms with van der Waals surface area (Å²) < 4.78 is 1.17. The fourth-order valence-corrected chi connectivity index (χ4v) is 3.75. The first-order valence-electron chi connectivity index (χ1n) is 5.82. The van der Waals surface area contributed by atoms with Crippen molar-refractivity contribution in [2.24, 2.45) is 5.84 Å². The highest BCUT2D eigenvalue weighted by molar-refractivity contribution is 9.11. The molecule has 0 spiro atoms. The monoisotopic (exact) mass is 324 g/mol. The first-order valence-corrected chi connectivity index (χ1v) is 7.43. The SMILES string of the molecule is Cc1ccc(C(NN)c2cc(C)c(Br)s2)c(C)c1. The van der Waals surface area contributed by atoms with Crippen LogP contribution in [-0.2, 0) is 0 Å². The Balaban J connectivity index is 2.45. The van der Waals surface area contributed by atoms with Crippen molar-refractivity contribution >= 4 is 27.3 Å². The molecule has 4 heteroatoms. The van der Waals surface area contributed by atoms with E-state index in [9.17, 15) is 0 Å². The third kappa shape index (κ3) is 2.67. The fourth-order valence-electron chi connectivity index (χ4n) is 2.10. The average Bonchev–Trinajstić information content (AvgIpc) is 2.63. The summed E-state index contributed by atoms with van der Waals surface area (Å²) in [6.07, 6.45) is 0. The average molecular weight is 325 g/mol. The topological polar surface area (TPSA) is 38.0 Å². The van der Waals surface area contributed by atoms with Gasteiger partial charge in [0.2, 0.25) is 0 Å². The molecule has 2 rings (SSSR count). The normalized spacial score (nSPS) is 12.7. The van der Waals surface area contributed by atoms with Crippen molar-refractivity contribution in [3.05, 3.63) is 55.2 Å². The second kappa shape index (κ2) is 5.53. The molecule has 0 saturated heterocycles. The number of aryl methyl sites for hydroxylation is 3. The van der Waals surface area contributed by atoms with Gasteiger partial charge < -0.3 is 0 Å². The van der Waals surface area contributed by atoms with E-state index in [2.05, 4.69) is 66.4 Å². The van der Waals surface area contributed by atoms with Crippen molar-refractivity contribution in [1.29, 1.82) is 0 Å². The maximum absolute atomic E-state index is 5.74. The summed E-state index contributed by atoms with van der Waals surface area (Å²) >= 11 is 5.30. The Bertz CT molecular complexity index is 543. The van der Waals surface area contributed by atoms with Crippen LogP contribution >= 0.6 is 27.3 Å². The minimum atomic E-state index is 0.0561. The zero-order valence-electron chi connectivity index (χ0n) is 10.8. The summed E-state index contributed by atoms with van der Waals surface area (Å²) in [7, 11) is 0. The number of hydrogen-bond acceptors (Lipinski definition) is 3. The Labute approximate surface area is 120 Å². The van der Waals surface area contributed by atoms with Crippen molar-refractivity contribution in [2.75, 3.05) is 0 Å². The Kier molecular flexibility index (Phi) is 4.22. The highest BCUT2D eigenvalue weighted by atomic mass is 79.9. The number of halogens is 1.